The predicted octanol–water partition coefficient (Wildman–Crippen LogP) is 1.25. The van der Waals surface area contributed by atoms with Gasteiger partial charge in [0, 0.05) is 12.4 Å². The third-order valence-corrected chi connectivity index (χ3v) is 4.40. The van der Waals surface area contributed by atoms with Gasteiger partial charge in [-0.05, 0) is 30.7 Å². The van der Waals surface area contributed by atoms with E-state index >= 15 is 0 Å². The van der Waals surface area contributed by atoms with Crippen molar-refractivity contribution in [3.63, 3.8) is 0 Å². The van der Waals surface area contributed by atoms with E-state index in [1.807, 2.05) is 6.92 Å². The third kappa shape index (κ3) is 2.70. The Morgan fingerprint density at radius 3 is 2.83 bits per heavy atom. The number of nitrogen functional groups attached to an aromatic ring is 1. The van der Waals surface area contributed by atoms with Gasteiger partial charge in [0.25, 0.3) is 0 Å². The smallest absolute Gasteiger partial charge is 0.182 e. The van der Waals surface area contributed by atoms with Gasteiger partial charge in [0.05, 0.1) is 22.9 Å². The van der Waals surface area contributed by atoms with Crippen LogP contribution in [0.4, 0.5) is 5.69 Å². The van der Waals surface area contributed by atoms with Gasteiger partial charge in [-0.2, -0.15) is 5.10 Å². The molecule has 96 valence electrons. The number of benzene rings is 1. The van der Waals surface area contributed by atoms with Gasteiger partial charge in [0.1, 0.15) is 0 Å². The second kappa shape index (κ2) is 4.81. The highest BCUT2D eigenvalue weighted by Gasteiger charge is 2.17. The average Bonchev–Trinajstić information content (AvgIpc) is 2.83. The van der Waals surface area contributed by atoms with Crippen molar-refractivity contribution in [2.75, 3.05) is 11.5 Å². The maximum atomic E-state index is 12.2. The lowest BCUT2D eigenvalue weighted by Crippen LogP contribution is -2.15. The first kappa shape index (κ1) is 12.6. The molecule has 0 saturated heterocycles. The molecule has 6 heteroatoms. The van der Waals surface area contributed by atoms with Gasteiger partial charge in [0.15, 0.2) is 9.84 Å². The first-order chi connectivity index (χ1) is 8.49. The summed E-state index contributed by atoms with van der Waals surface area (Å²) in [5.41, 5.74) is 6.89. The van der Waals surface area contributed by atoms with E-state index in [1.54, 1.807) is 41.3 Å². The standard InChI is InChI=1S/C12H15N3O2S/c1-10-3-4-11(13)12(9-10)18(16,17)8-7-15-6-2-5-14-15/h2-6,9H,7-8,13H2,1H3. The van der Waals surface area contributed by atoms with Crippen LogP contribution in [-0.2, 0) is 16.4 Å². The zero-order valence-corrected chi connectivity index (χ0v) is 10.9. The molecule has 0 atom stereocenters. The van der Waals surface area contributed by atoms with E-state index in [9.17, 15) is 8.42 Å². The lowest BCUT2D eigenvalue weighted by Gasteiger charge is -2.08. The summed E-state index contributed by atoms with van der Waals surface area (Å²) in [6.07, 6.45) is 3.35. The number of hydrogen-bond donors (Lipinski definition) is 1. The lowest BCUT2D eigenvalue weighted by molar-refractivity contribution is 0.581. The Morgan fingerprint density at radius 2 is 2.17 bits per heavy atom. The second-order valence-electron chi connectivity index (χ2n) is 4.13. The molecule has 0 aliphatic carbocycles. The molecule has 18 heavy (non-hydrogen) atoms. The second-order valence-corrected chi connectivity index (χ2v) is 6.21. The molecule has 0 radical (unpaired) electrons. The molecule has 0 saturated carbocycles. The Kier molecular flexibility index (Phi) is 3.38. The molecule has 2 aromatic rings. The van der Waals surface area contributed by atoms with E-state index in [-0.39, 0.29) is 10.6 Å². The quantitative estimate of drug-likeness (QED) is 0.844. The van der Waals surface area contributed by atoms with E-state index < -0.39 is 9.84 Å². The van der Waals surface area contributed by atoms with E-state index in [0.717, 1.165) is 5.56 Å². The summed E-state index contributed by atoms with van der Waals surface area (Å²) in [7, 11) is -3.38. The molecular weight excluding hydrogens is 250 g/mol. The highest BCUT2D eigenvalue weighted by atomic mass is 32.2. The summed E-state index contributed by atoms with van der Waals surface area (Å²) in [5, 5.41) is 3.97. The van der Waals surface area contributed by atoms with Crippen LogP contribution in [0.25, 0.3) is 0 Å². The Hall–Kier alpha value is -1.82. The van der Waals surface area contributed by atoms with Gasteiger partial charge in [0.2, 0.25) is 0 Å². The van der Waals surface area contributed by atoms with E-state index in [2.05, 4.69) is 5.10 Å². The van der Waals surface area contributed by atoms with Crippen LogP contribution in [0.2, 0.25) is 0 Å². The fraction of sp³-hybridized carbons (Fsp3) is 0.250. The number of hydrogen-bond acceptors (Lipinski definition) is 4. The van der Waals surface area contributed by atoms with Gasteiger partial charge >= 0.3 is 0 Å². The van der Waals surface area contributed by atoms with Crippen molar-refractivity contribution in [2.45, 2.75) is 18.4 Å². The minimum Gasteiger partial charge on any atom is -0.398 e. The SMILES string of the molecule is Cc1ccc(N)c(S(=O)(=O)CCn2cccn2)c1. The third-order valence-electron chi connectivity index (χ3n) is 2.65. The molecule has 1 aromatic heterocycles. The molecule has 2 rings (SSSR count). The predicted molar refractivity (Wildman–Crippen MR) is 69.9 cm³/mol. The minimum absolute atomic E-state index is 0.0116. The van der Waals surface area contributed by atoms with Crippen LogP contribution in [-0.4, -0.2) is 24.0 Å². The monoisotopic (exact) mass is 265 g/mol. The number of aromatic nitrogens is 2. The number of aryl methyl sites for hydroxylation is 2. The molecule has 5 nitrogen and oxygen atoms in total. The van der Waals surface area contributed by atoms with Crippen LogP contribution < -0.4 is 5.73 Å². The van der Waals surface area contributed by atoms with Gasteiger partial charge in [-0.25, -0.2) is 8.42 Å². The van der Waals surface area contributed by atoms with Crippen LogP contribution in [0.5, 0.6) is 0 Å². The molecule has 0 fully saturated rings. The molecule has 0 unspecified atom stereocenters. The number of rotatable bonds is 4. The maximum absolute atomic E-state index is 12.2. The zero-order valence-electron chi connectivity index (χ0n) is 10.1. The fourth-order valence-electron chi connectivity index (χ4n) is 1.67. The van der Waals surface area contributed by atoms with Crippen molar-refractivity contribution >= 4 is 15.5 Å². The van der Waals surface area contributed by atoms with Crippen LogP contribution in [0.1, 0.15) is 5.56 Å². The molecule has 2 N–H and O–H groups in total. The normalized spacial score (nSPS) is 11.6. The summed E-state index contributed by atoms with van der Waals surface area (Å²) in [6.45, 7) is 2.16. The van der Waals surface area contributed by atoms with Crippen molar-refractivity contribution in [1.29, 1.82) is 0 Å². The van der Waals surface area contributed by atoms with Crippen molar-refractivity contribution in [2.24, 2.45) is 0 Å². The number of nitrogens with two attached hydrogens (primary N) is 1. The Labute approximate surface area is 106 Å². The summed E-state index contributed by atoms with van der Waals surface area (Å²) >= 11 is 0. The lowest BCUT2D eigenvalue weighted by atomic mass is 10.2. The molecule has 0 aliphatic heterocycles. The highest BCUT2D eigenvalue weighted by Crippen LogP contribution is 2.21. The Balaban J connectivity index is 2.22. The highest BCUT2D eigenvalue weighted by molar-refractivity contribution is 7.91. The van der Waals surface area contributed by atoms with Gasteiger partial charge in [-0.3, -0.25) is 4.68 Å². The van der Waals surface area contributed by atoms with Crippen molar-refractivity contribution in [1.82, 2.24) is 9.78 Å². The largest absolute Gasteiger partial charge is 0.398 e. The Bertz CT molecular complexity index is 633. The molecule has 0 bridgehead atoms. The van der Waals surface area contributed by atoms with E-state index in [0.29, 0.717) is 12.2 Å². The minimum atomic E-state index is -3.38. The van der Waals surface area contributed by atoms with Crippen LogP contribution in [0, 0.1) is 6.92 Å². The molecule has 0 aliphatic rings. The van der Waals surface area contributed by atoms with E-state index in [4.69, 9.17) is 5.73 Å². The zero-order chi connectivity index (χ0) is 13.2. The van der Waals surface area contributed by atoms with Gasteiger partial charge in [-0.1, -0.05) is 6.07 Å². The van der Waals surface area contributed by atoms with Crippen molar-refractivity contribution < 1.29 is 8.42 Å². The van der Waals surface area contributed by atoms with E-state index in [1.165, 1.54) is 0 Å². The summed E-state index contributed by atoms with van der Waals surface area (Å²) < 4.78 is 25.9. The molecule has 1 aromatic carbocycles. The van der Waals surface area contributed by atoms with Crippen molar-refractivity contribution in [3.8, 4) is 0 Å². The number of nitrogens with zero attached hydrogens (tertiary/aromatic N) is 2. The van der Waals surface area contributed by atoms with Crippen LogP contribution in [0.15, 0.2) is 41.6 Å². The molecule has 0 spiro atoms. The van der Waals surface area contributed by atoms with Gasteiger partial charge < -0.3 is 5.73 Å². The fourth-order valence-corrected chi connectivity index (χ4v) is 3.11. The molecular formula is C12H15N3O2S. The first-order valence-electron chi connectivity index (χ1n) is 5.55. The van der Waals surface area contributed by atoms with Gasteiger partial charge in [-0.15, -0.1) is 0 Å². The Morgan fingerprint density at radius 1 is 1.39 bits per heavy atom. The first-order valence-corrected chi connectivity index (χ1v) is 7.20. The van der Waals surface area contributed by atoms with Crippen molar-refractivity contribution in [3.05, 3.63) is 42.2 Å². The number of sulfone groups is 1. The average molecular weight is 265 g/mol. The summed E-state index contributed by atoms with van der Waals surface area (Å²) in [5.74, 6) is -0.0116. The topological polar surface area (TPSA) is 78.0 Å². The number of anilines is 1. The van der Waals surface area contributed by atoms with Crippen LogP contribution >= 0.6 is 0 Å². The summed E-state index contributed by atoms with van der Waals surface area (Å²) in [6, 6.07) is 6.78. The summed E-state index contributed by atoms with van der Waals surface area (Å²) in [4.78, 5) is 0.203. The molecule has 1 heterocycles. The maximum Gasteiger partial charge on any atom is 0.182 e. The van der Waals surface area contributed by atoms with Crippen LogP contribution in [0.3, 0.4) is 0 Å². The molecule has 0 amide bonds.